The fraction of sp³-hybridized carbons (Fsp3) is 0.478. The van der Waals surface area contributed by atoms with Gasteiger partial charge in [-0.1, -0.05) is 6.08 Å². The van der Waals surface area contributed by atoms with Crippen LogP contribution in [0.15, 0.2) is 34.0 Å². The fourth-order valence-corrected chi connectivity index (χ4v) is 4.17. The maximum atomic E-state index is 12.3. The predicted molar refractivity (Wildman–Crippen MR) is 116 cm³/mol. The van der Waals surface area contributed by atoms with Crippen LogP contribution in [-0.2, 0) is 22.4 Å². The van der Waals surface area contributed by atoms with Crippen LogP contribution in [-0.4, -0.2) is 73.9 Å². The van der Waals surface area contributed by atoms with Crippen molar-refractivity contribution in [2.24, 2.45) is 0 Å². The molecular weight excluding hydrogens is 452 g/mol. The van der Waals surface area contributed by atoms with Gasteiger partial charge in [-0.25, -0.2) is 9.59 Å². The van der Waals surface area contributed by atoms with Gasteiger partial charge >= 0.3 is 11.6 Å². The first-order valence-corrected chi connectivity index (χ1v) is 10.6. The van der Waals surface area contributed by atoms with Crippen LogP contribution in [0, 0.1) is 0 Å². The molecule has 3 heterocycles. The number of rotatable bonds is 6. The van der Waals surface area contributed by atoms with E-state index in [9.17, 15) is 35.1 Å². The highest BCUT2D eigenvalue weighted by Gasteiger charge is 2.48. The first-order valence-electron chi connectivity index (χ1n) is 10.6. The van der Waals surface area contributed by atoms with E-state index in [0.717, 1.165) is 0 Å². The quantitative estimate of drug-likeness (QED) is 0.276. The van der Waals surface area contributed by atoms with Crippen LogP contribution < -0.4 is 15.1 Å². The number of carboxylic acid groups (broad SMARTS) is 1. The Hall–Kier alpha value is -2.96. The maximum Gasteiger partial charge on any atom is 0.336 e. The van der Waals surface area contributed by atoms with Crippen molar-refractivity contribution in [1.29, 1.82) is 0 Å². The molecule has 6 atom stereocenters. The molecule has 11 nitrogen and oxygen atoms in total. The monoisotopic (exact) mass is 478 g/mol. The van der Waals surface area contributed by atoms with Gasteiger partial charge in [0.05, 0.1) is 11.0 Å². The van der Waals surface area contributed by atoms with Crippen molar-refractivity contribution >= 4 is 16.9 Å². The van der Waals surface area contributed by atoms with Crippen LogP contribution in [0.2, 0.25) is 0 Å². The highest BCUT2D eigenvalue weighted by molar-refractivity contribution is 5.92. The SMILES string of the molecule is C=CCc1cc(=O)oc2c3c(cc(OC4OC(C(=O)O)C(O)C(O)C4O)c12)OC(C(C)(C)O)C3. The largest absolute Gasteiger partial charge is 0.487 e. The number of aliphatic hydroxyl groups is 4. The molecule has 1 fully saturated rings. The smallest absolute Gasteiger partial charge is 0.336 e. The molecule has 11 heteroatoms. The van der Waals surface area contributed by atoms with Crippen LogP contribution in [0.1, 0.15) is 25.0 Å². The van der Waals surface area contributed by atoms with Crippen molar-refractivity contribution in [3.8, 4) is 11.5 Å². The summed E-state index contributed by atoms with van der Waals surface area (Å²) in [6.45, 7) is 6.85. The van der Waals surface area contributed by atoms with E-state index >= 15 is 0 Å². The third-order valence-electron chi connectivity index (χ3n) is 5.99. The van der Waals surface area contributed by atoms with Gasteiger partial charge in [-0.2, -0.15) is 0 Å². The van der Waals surface area contributed by atoms with Gasteiger partial charge in [-0.05, 0) is 25.8 Å². The second-order valence-corrected chi connectivity index (χ2v) is 8.96. The molecule has 0 amide bonds. The average Bonchev–Trinajstić information content (AvgIpc) is 3.18. The summed E-state index contributed by atoms with van der Waals surface area (Å²) >= 11 is 0. The highest BCUT2D eigenvalue weighted by atomic mass is 16.7. The zero-order chi connectivity index (χ0) is 24.9. The van der Waals surface area contributed by atoms with Crippen molar-refractivity contribution < 1.29 is 49.0 Å². The molecule has 0 saturated carbocycles. The van der Waals surface area contributed by atoms with E-state index < -0.39 is 54.0 Å². The number of benzene rings is 1. The molecule has 2 aromatic rings. The van der Waals surface area contributed by atoms with Crippen LogP contribution in [0.3, 0.4) is 0 Å². The summed E-state index contributed by atoms with van der Waals surface area (Å²) in [5.74, 6) is -1.28. The minimum atomic E-state index is -1.88. The molecule has 1 aromatic carbocycles. The van der Waals surface area contributed by atoms with Gasteiger partial charge in [0.15, 0.2) is 6.10 Å². The molecule has 5 N–H and O–H groups in total. The number of carbonyl (C=O) groups is 1. The van der Waals surface area contributed by atoms with Crippen LogP contribution in [0.5, 0.6) is 11.5 Å². The molecule has 0 bridgehead atoms. The topological polar surface area (TPSA) is 176 Å². The van der Waals surface area contributed by atoms with E-state index in [4.69, 9.17) is 18.6 Å². The first kappa shape index (κ1) is 24.2. The van der Waals surface area contributed by atoms with Gasteiger partial charge < -0.3 is 44.2 Å². The summed E-state index contributed by atoms with van der Waals surface area (Å²) in [4.78, 5) is 23.7. The molecule has 184 valence electrons. The zero-order valence-electron chi connectivity index (χ0n) is 18.5. The highest BCUT2D eigenvalue weighted by Crippen LogP contribution is 2.44. The van der Waals surface area contributed by atoms with Crippen molar-refractivity contribution in [2.75, 3.05) is 0 Å². The Bertz CT molecular complexity index is 1180. The van der Waals surface area contributed by atoms with E-state index in [1.54, 1.807) is 19.9 Å². The predicted octanol–water partition coefficient (Wildman–Crippen LogP) is -0.133. The minimum Gasteiger partial charge on any atom is -0.487 e. The Morgan fingerprint density at radius 1 is 1.24 bits per heavy atom. The van der Waals surface area contributed by atoms with Gasteiger partial charge in [0, 0.05) is 24.1 Å². The number of carboxylic acids is 1. The van der Waals surface area contributed by atoms with Crippen molar-refractivity contribution in [1.82, 2.24) is 0 Å². The van der Waals surface area contributed by atoms with Crippen LogP contribution in [0.4, 0.5) is 0 Å². The zero-order valence-corrected chi connectivity index (χ0v) is 18.5. The lowest BCUT2D eigenvalue weighted by molar-refractivity contribution is -0.270. The van der Waals surface area contributed by atoms with E-state index in [1.165, 1.54) is 12.1 Å². The number of ether oxygens (including phenoxy) is 3. The molecule has 4 rings (SSSR count). The second kappa shape index (κ2) is 8.67. The molecule has 0 radical (unpaired) electrons. The Morgan fingerprint density at radius 2 is 1.94 bits per heavy atom. The Balaban J connectivity index is 1.85. The number of hydrogen-bond donors (Lipinski definition) is 5. The molecule has 0 aliphatic carbocycles. The number of aliphatic hydroxyl groups excluding tert-OH is 3. The summed E-state index contributed by atoms with van der Waals surface area (Å²) in [5.41, 5.74) is -0.700. The maximum absolute atomic E-state index is 12.3. The summed E-state index contributed by atoms with van der Waals surface area (Å²) in [7, 11) is 0. The third kappa shape index (κ3) is 4.17. The van der Waals surface area contributed by atoms with Gasteiger partial charge in [0.25, 0.3) is 0 Å². The average molecular weight is 478 g/mol. The van der Waals surface area contributed by atoms with Crippen molar-refractivity contribution in [3.63, 3.8) is 0 Å². The molecule has 0 spiro atoms. The molecule has 1 saturated heterocycles. The summed E-state index contributed by atoms with van der Waals surface area (Å²) in [5, 5.41) is 50.5. The van der Waals surface area contributed by atoms with Crippen molar-refractivity contribution in [2.45, 2.75) is 69.1 Å². The summed E-state index contributed by atoms with van der Waals surface area (Å²) in [6, 6.07) is 2.71. The molecule has 2 aliphatic rings. The second-order valence-electron chi connectivity index (χ2n) is 8.96. The van der Waals surface area contributed by atoms with Gasteiger partial charge in [0.1, 0.15) is 41.5 Å². The number of aliphatic carboxylic acids is 1. The van der Waals surface area contributed by atoms with Crippen molar-refractivity contribution in [3.05, 3.63) is 46.3 Å². The van der Waals surface area contributed by atoms with Crippen LogP contribution >= 0.6 is 0 Å². The normalized spacial score (nSPS) is 28.9. The van der Waals surface area contributed by atoms with Gasteiger partial charge in [-0.3, -0.25) is 0 Å². The molecular formula is C23H26O11. The summed E-state index contributed by atoms with van der Waals surface area (Å²) in [6.07, 6.45) is -7.67. The first-order chi connectivity index (χ1) is 15.9. The lowest BCUT2D eigenvalue weighted by atomic mass is 9.95. The van der Waals surface area contributed by atoms with E-state index in [0.29, 0.717) is 16.5 Å². The van der Waals surface area contributed by atoms with Gasteiger partial charge in [-0.15, -0.1) is 6.58 Å². The lowest BCUT2D eigenvalue weighted by Gasteiger charge is -2.38. The standard InChI is InChI=1S/C23H26O11/c1-4-5-9-6-14(24)33-19-10-7-13(23(2,3)30)31-11(10)8-12(15(9)19)32-22-18(27)16(25)17(26)20(34-22)21(28)29/h4,6,8,13,16-18,20,22,25-27,30H,1,5,7H2,2-3H3,(H,28,29). The van der Waals surface area contributed by atoms with E-state index in [-0.39, 0.29) is 29.9 Å². The Kier molecular flexibility index (Phi) is 6.17. The third-order valence-corrected chi connectivity index (χ3v) is 5.99. The fourth-order valence-electron chi connectivity index (χ4n) is 4.17. The summed E-state index contributed by atoms with van der Waals surface area (Å²) < 4.78 is 22.4. The van der Waals surface area contributed by atoms with E-state index in [2.05, 4.69) is 6.58 Å². The minimum absolute atomic E-state index is 0.0162. The Labute approximate surface area is 193 Å². The molecule has 34 heavy (non-hydrogen) atoms. The molecule has 2 aliphatic heterocycles. The van der Waals surface area contributed by atoms with Crippen LogP contribution in [0.25, 0.3) is 11.0 Å². The number of fused-ring (bicyclic) bond motifs is 3. The lowest BCUT2D eigenvalue weighted by Crippen LogP contribution is -2.61. The number of hydrogen-bond acceptors (Lipinski definition) is 10. The van der Waals surface area contributed by atoms with Gasteiger partial charge in [0.2, 0.25) is 6.29 Å². The van der Waals surface area contributed by atoms with E-state index in [1.807, 2.05) is 0 Å². The number of allylic oxidation sites excluding steroid dienone is 1. The molecule has 6 unspecified atom stereocenters. The Morgan fingerprint density at radius 3 is 2.56 bits per heavy atom. The molecule has 1 aromatic heterocycles.